The number of piperazine rings is 1. The largest absolute Gasteiger partial charge is 0.481 e. The van der Waals surface area contributed by atoms with Crippen molar-refractivity contribution in [3.8, 4) is 17.1 Å². The maximum absolute atomic E-state index is 13.6. The molecule has 0 aliphatic carbocycles. The molecule has 5 heterocycles. The molecule has 2 saturated heterocycles. The normalized spacial score (nSPS) is 19.6. The minimum Gasteiger partial charge on any atom is -0.481 e. The van der Waals surface area contributed by atoms with E-state index in [4.69, 9.17) is 26.1 Å². The number of carbonyl (C=O) groups excluding carboxylic acids is 1. The number of ether oxygens (including phenoxy) is 2. The first-order chi connectivity index (χ1) is 18.9. The molecule has 2 bridgehead atoms. The molecule has 2 atom stereocenters. The van der Waals surface area contributed by atoms with Crippen LogP contribution < -0.4 is 4.74 Å². The monoisotopic (exact) mass is 546 g/mol. The van der Waals surface area contributed by atoms with Crippen LogP contribution in [0.25, 0.3) is 17.0 Å². The molecule has 4 aromatic rings. The van der Waals surface area contributed by atoms with Crippen LogP contribution in [0.15, 0.2) is 54.9 Å². The molecule has 2 aliphatic heterocycles. The lowest BCUT2D eigenvalue weighted by molar-refractivity contribution is -0.0818. The van der Waals surface area contributed by atoms with Crippen molar-refractivity contribution >= 4 is 23.3 Å². The molecule has 0 spiro atoms. The van der Waals surface area contributed by atoms with Crippen LogP contribution >= 0.6 is 11.6 Å². The van der Waals surface area contributed by atoms with Gasteiger partial charge in [-0.2, -0.15) is 0 Å². The number of rotatable bonds is 6. The van der Waals surface area contributed by atoms with Gasteiger partial charge in [-0.05, 0) is 23.6 Å². The van der Waals surface area contributed by atoms with Gasteiger partial charge >= 0.3 is 0 Å². The van der Waals surface area contributed by atoms with Crippen LogP contribution in [-0.2, 0) is 11.3 Å². The third-order valence-electron chi connectivity index (χ3n) is 7.54. The van der Waals surface area contributed by atoms with Gasteiger partial charge in [-0.15, -0.1) is 0 Å². The van der Waals surface area contributed by atoms with E-state index in [1.807, 2.05) is 17.2 Å². The van der Waals surface area contributed by atoms with Crippen LogP contribution in [0.1, 0.15) is 41.5 Å². The molecule has 202 valence electrons. The highest BCUT2D eigenvalue weighted by Crippen LogP contribution is 2.31. The molecule has 2 fully saturated rings. The quantitative estimate of drug-likeness (QED) is 0.356. The summed E-state index contributed by atoms with van der Waals surface area (Å²) in [5, 5.41) is 0.313. The van der Waals surface area contributed by atoms with Crippen LogP contribution in [0.5, 0.6) is 5.88 Å². The van der Waals surface area contributed by atoms with Crippen LogP contribution in [0.4, 0.5) is 0 Å². The van der Waals surface area contributed by atoms with E-state index in [-0.39, 0.29) is 23.7 Å². The van der Waals surface area contributed by atoms with Gasteiger partial charge in [0.25, 0.3) is 5.91 Å². The van der Waals surface area contributed by atoms with E-state index in [0.717, 1.165) is 17.0 Å². The number of hydrogen-bond donors (Lipinski definition) is 0. The van der Waals surface area contributed by atoms with Gasteiger partial charge in [0.1, 0.15) is 0 Å². The van der Waals surface area contributed by atoms with Crippen molar-refractivity contribution < 1.29 is 14.3 Å². The SMILES string of the molecule is COc1ccc(Cl)c(C(=O)N2C3COCC2CN(Cc2c(-c4ccc(C(C)C)cc4)nc4ncccn24)C3)n1. The second-order valence-corrected chi connectivity index (χ2v) is 10.8. The first kappa shape index (κ1) is 25.7. The van der Waals surface area contributed by atoms with E-state index in [0.29, 0.717) is 55.4 Å². The molecule has 10 heteroatoms. The van der Waals surface area contributed by atoms with Crippen molar-refractivity contribution in [2.45, 2.75) is 38.4 Å². The summed E-state index contributed by atoms with van der Waals surface area (Å²) in [6, 6.07) is 13.6. The first-order valence-corrected chi connectivity index (χ1v) is 13.6. The summed E-state index contributed by atoms with van der Waals surface area (Å²) in [6.07, 6.45) is 3.78. The number of aromatic nitrogens is 4. The summed E-state index contributed by atoms with van der Waals surface area (Å²) in [4.78, 5) is 31.7. The Morgan fingerprint density at radius 2 is 1.85 bits per heavy atom. The fourth-order valence-corrected chi connectivity index (χ4v) is 5.76. The molecule has 2 aliphatic rings. The number of fused-ring (bicyclic) bond motifs is 3. The van der Waals surface area contributed by atoms with Crippen molar-refractivity contribution in [1.82, 2.24) is 29.2 Å². The van der Waals surface area contributed by atoms with Gasteiger partial charge in [0.2, 0.25) is 11.7 Å². The number of imidazole rings is 1. The Kier molecular flexibility index (Phi) is 6.97. The summed E-state index contributed by atoms with van der Waals surface area (Å²) in [6.45, 7) is 7.28. The van der Waals surface area contributed by atoms with Crippen molar-refractivity contribution in [2.75, 3.05) is 33.4 Å². The Hall–Kier alpha value is -3.53. The summed E-state index contributed by atoms with van der Waals surface area (Å²) < 4.78 is 13.2. The van der Waals surface area contributed by atoms with Crippen LogP contribution in [0, 0.1) is 0 Å². The summed E-state index contributed by atoms with van der Waals surface area (Å²) in [5.41, 5.74) is 4.57. The molecular formula is C29H31ClN6O3. The van der Waals surface area contributed by atoms with Crippen molar-refractivity contribution in [3.05, 3.63) is 76.8 Å². The van der Waals surface area contributed by atoms with E-state index in [2.05, 4.69) is 57.4 Å². The number of nitrogens with zero attached hydrogens (tertiary/aromatic N) is 6. The molecular weight excluding hydrogens is 516 g/mol. The number of amides is 1. The van der Waals surface area contributed by atoms with Crippen molar-refractivity contribution in [3.63, 3.8) is 0 Å². The molecule has 3 aromatic heterocycles. The second-order valence-electron chi connectivity index (χ2n) is 10.4. The third-order valence-corrected chi connectivity index (χ3v) is 7.84. The topological polar surface area (TPSA) is 85.1 Å². The minimum absolute atomic E-state index is 0.125. The molecule has 1 aromatic carbocycles. The fourth-order valence-electron chi connectivity index (χ4n) is 5.58. The molecule has 39 heavy (non-hydrogen) atoms. The number of carbonyl (C=O) groups is 1. The second kappa shape index (κ2) is 10.6. The lowest BCUT2D eigenvalue weighted by Crippen LogP contribution is -2.66. The average molecular weight is 547 g/mol. The number of morpholine rings is 1. The number of pyridine rings is 1. The average Bonchev–Trinajstić information content (AvgIpc) is 3.30. The predicted molar refractivity (Wildman–Crippen MR) is 148 cm³/mol. The Morgan fingerprint density at radius 3 is 2.54 bits per heavy atom. The highest BCUT2D eigenvalue weighted by Gasteiger charge is 2.42. The van der Waals surface area contributed by atoms with Gasteiger partial charge in [-0.25, -0.2) is 15.0 Å². The zero-order valence-corrected chi connectivity index (χ0v) is 23.0. The molecule has 1 amide bonds. The highest BCUT2D eigenvalue weighted by atomic mass is 35.5. The molecule has 0 radical (unpaired) electrons. The van der Waals surface area contributed by atoms with E-state index >= 15 is 0 Å². The van der Waals surface area contributed by atoms with Crippen LogP contribution in [-0.4, -0.2) is 80.6 Å². The van der Waals surface area contributed by atoms with Crippen molar-refractivity contribution in [1.29, 1.82) is 0 Å². The number of hydrogen-bond acceptors (Lipinski definition) is 7. The van der Waals surface area contributed by atoms with Gasteiger partial charge in [0.05, 0.1) is 48.8 Å². The molecule has 0 N–H and O–H groups in total. The standard InChI is InChI=1S/C29H31ClN6O3/c1-18(2)19-5-7-20(8-6-19)26-24(35-12-4-11-31-29(35)33-26)15-34-13-21-16-39-17-22(14-34)36(21)28(37)27-23(30)9-10-25(32-27)38-3/h4-12,18,21-22H,13-17H2,1-3H3. The fraction of sp³-hybridized carbons (Fsp3) is 0.379. The Morgan fingerprint density at radius 1 is 1.10 bits per heavy atom. The Bertz CT molecular complexity index is 1490. The number of benzene rings is 1. The number of halogens is 1. The zero-order valence-electron chi connectivity index (χ0n) is 22.2. The van der Waals surface area contributed by atoms with E-state index < -0.39 is 0 Å². The van der Waals surface area contributed by atoms with Gasteiger partial charge < -0.3 is 14.4 Å². The third kappa shape index (κ3) is 4.86. The van der Waals surface area contributed by atoms with Gasteiger partial charge in [-0.3, -0.25) is 14.1 Å². The van der Waals surface area contributed by atoms with Gasteiger partial charge in [-0.1, -0.05) is 49.7 Å². The van der Waals surface area contributed by atoms with Gasteiger partial charge in [0, 0.05) is 43.7 Å². The maximum Gasteiger partial charge on any atom is 0.274 e. The minimum atomic E-state index is -0.193. The molecule has 2 unspecified atom stereocenters. The molecule has 9 nitrogen and oxygen atoms in total. The smallest absolute Gasteiger partial charge is 0.274 e. The maximum atomic E-state index is 13.6. The van der Waals surface area contributed by atoms with E-state index in [1.165, 1.54) is 12.7 Å². The highest BCUT2D eigenvalue weighted by molar-refractivity contribution is 6.33. The molecule has 0 saturated carbocycles. The lowest BCUT2D eigenvalue weighted by Gasteiger charge is -2.49. The first-order valence-electron chi connectivity index (χ1n) is 13.2. The van der Waals surface area contributed by atoms with Crippen LogP contribution in [0.2, 0.25) is 5.02 Å². The number of methoxy groups -OCH3 is 1. The summed E-state index contributed by atoms with van der Waals surface area (Å²) >= 11 is 6.38. The van der Waals surface area contributed by atoms with E-state index in [1.54, 1.807) is 18.3 Å². The van der Waals surface area contributed by atoms with Crippen LogP contribution in [0.3, 0.4) is 0 Å². The summed E-state index contributed by atoms with van der Waals surface area (Å²) in [5.74, 6) is 1.30. The molecule has 6 rings (SSSR count). The zero-order chi connectivity index (χ0) is 27.1. The van der Waals surface area contributed by atoms with Gasteiger partial charge in [0.15, 0.2) is 5.69 Å². The van der Waals surface area contributed by atoms with Crippen molar-refractivity contribution in [2.24, 2.45) is 0 Å². The summed E-state index contributed by atoms with van der Waals surface area (Å²) in [7, 11) is 1.52. The predicted octanol–water partition coefficient (Wildman–Crippen LogP) is 4.30. The lowest BCUT2D eigenvalue weighted by atomic mass is 10.00. The Balaban J connectivity index is 1.29. The Labute approximate surface area is 232 Å². The van der Waals surface area contributed by atoms with E-state index in [9.17, 15) is 4.79 Å².